The van der Waals surface area contributed by atoms with Crippen LogP contribution in [-0.4, -0.2) is 29.1 Å². The van der Waals surface area contributed by atoms with Gasteiger partial charge in [-0.1, -0.05) is 168 Å². The predicted octanol–water partition coefficient (Wildman–Crippen LogP) is 12.0. The highest BCUT2D eigenvalue weighted by molar-refractivity contribution is 4.97. The van der Waals surface area contributed by atoms with E-state index in [1.54, 1.807) is 0 Å². The van der Waals surface area contributed by atoms with Gasteiger partial charge < -0.3 is 9.80 Å². The third kappa shape index (κ3) is 20.0. The molecule has 0 aromatic carbocycles. The quantitative estimate of drug-likeness (QED) is 0.0908. The van der Waals surface area contributed by atoms with Gasteiger partial charge >= 0.3 is 0 Å². The second-order valence-electron chi connectivity index (χ2n) is 12.2. The van der Waals surface area contributed by atoms with Gasteiger partial charge in [0.2, 0.25) is 0 Å². The molecular formula is C35H70N2. The van der Waals surface area contributed by atoms with E-state index in [0.29, 0.717) is 6.17 Å². The Kier molecular flexibility index (Phi) is 25.0. The van der Waals surface area contributed by atoms with Crippen molar-refractivity contribution in [2.24, 2.45) is 0 Å². The van der Waals surface area contributed by atoms with Gasteiger partial charge in [-0.2, -0.15) is 0 Å². The van der Waals surface area contributed by atoms with Crippen LogP contribution in [0.2, 0.25) is 0 Å². The fourth-order valence-electron chi connectivity index (χ4n) is 6.01. The SMILES string of the molecule is CCCCCCCCCCCCCN1C=CN(CCCCCCC)C1CCCCCCCCCCCC. The van der Waals surface area contributed by atoms with E-state index in [1.807, 2.05) is 0 Å². The molecule has 0 aliphatic carbocycles. The average molecular weight is 519 g/mol. The van der Waals surface area contributed by atoms with Crippen LogP contribution in [0.25, 0.3) is 0 Å². The highest BCUT2D eigenvalue weighted by Gasteiger charge is 2.24. The Balaban J connectivity index is 2.21. The van der Waals surface area contributed by atoms with E-state index in [1.165, 1.54) is 186 Å². The van der Waals surface area contributed by atoms with Crippen LogP contribution in [0.5, 0.6) is 0 Å². The molecular weight excluding hydrogens is 448 g/mol. The second kappa shape index (κ2) is 26.9. The lowest BCUT2D eigenvalue weighted by atomic mass is 10.0. The summed E-state index contributed by atoms with van der Waals surface area (Å²) in [5.74, 6) is 0. The van der Waals surface area contributed by atoms with Crippen molar-refractivity contribution in [3.63, 3.8) is 0 Å². The fourth-order valence-corrected chi connectivity index (χ4v) is 6.01. The maximum absolute atomic E-state index is 2.70. The van der Waals surface area contributed by atoms with Crippen molar-refractivity contribution < 1.29 is 0 Å². The molecule has 0 aromatic rings. The predicted molar refractivity (Wildman–Crippen MR) is 168 cm³/mol. The van der Waals surface area contributed by atoms with Crippen molar-refractivity contribution in [2.45, 2.75) is 200 Å². The van der Waals surface area contributed by atoms with Gasteiger partial charge in [-0.15, -0.1) is 0 Å². The first-order chi connectivity index (χ1) is 18.3. The maximum Gasteiger partial charge on any atom is 0.101 e. The number of unbranched alkanes of at least 4 members (excludes halogenated alkanes) is 23. The van der Waals surface area contributed by atoms with Crippen LogP contribution in [0.1, 0.15) is 194 Å². The van der Waals surface area contributed by atoms with Gasteiger partial charge in [0.25, 0.3) is 0 Å². The van der Waals surface area contributed by atoms with E-state index in [2.05, 4.69) is 43.0 Å². The summed E-state index contributed by atoms with van der Waals surface area (Å²) < 4.78 is 0. The van der Waals surface area contributed by atoms with Crippen LogP contribution in [0.15, 0.2) is 12.4 Å². The van der Waals surface area contributed by atoms with Crippen LogP contribution in [-0.2, 0) is 0 Å². The molecule has 1 unspecified atom stereocenters. The molecule has 1 heterocycles. The standard InChI is InChI=1S/C35H70N2/c1-4-7-10-13-15-17-19-21-23-26-29-32-37-34-33-36(31-28-25-12-9-6-3)35(37)30-27-24-22-20-18-16-14-11-8-5-2/h33-35H,4-32H2,1-3H3. The normalized spacial score (nSPS) is 15.4. The average Bonchev–Trinajstić information content (AvgIpc) is 3.29. The molecule has 0 saturated heterocycles. The van der Waals surface area contributed by atoms with Crippen LogP contribution in [0, 0.1) is 0 Å². The molecule has 37 heavy (non-hydrogen) atoms. The van der Waals surface area contributed by atoms with Crippen LogP contribution >= 0.6 is 0 Å². The van der Waals surface area contributed by atoms with Crippen molar-refractivity contribution >= 4 is 0 Å². The first kappa shape index (κ1) is 34.4. The summed E-state index contributed by atoms with van der Waals surface area (Å²) in [5.41, 5.74) is 0. The Labute approximate surface area is 235 Å². The molecule has 0 saturated carbocycles. The summed E-state index contributed by atoms with van der Waals surface area (Å²) >= 11 is 0. The number of hydrogen-bond donors (Lipinski definition) is 0. The van der Waals surface area contributed by atoms with Crippen LogP contribution in [0.4, 0.5) is 0 Å². The van der Waals surface area contributed by atoms with Crippen LogP contribution < -0.4 is 0 Å². The van der Waals surface area contributed by atoms with Gasteiger partial charge in [0.1, 0.15) is 6.17 Å². The molecule has 1 aliphatic heterocycles. The summed E-state index contributed by atoms with van der Waals surface area (Å²) in [7, 11) is 0. The van der Waals surface area contributed by atoms with Crippen molar-refractivity contribution in [1.29, 1.82) is 0 Å². The van der Waals surface area contributed by atoms with E-state index in [-0.39, 0.29) is 0 Å². The molecule has 1 atom stereocenters. The minimum atomic E-state index is 0.642. The topological polar surface area (TPSA) is 6.48 Å². The molecule has 2 nitrogen and oxygen atoms in total. The fraction of sp³-hybridized carbons (Fsp3) is 0.943. The smallest absolute Gasteiger partial charge is 0.101 e. The van der Waals surface area contributed by atoms with E-state index in [0.717, 1.165) is 0 Å². The van der Waals surface area contributed by atoms with Gasteiger partial charge in [-0.25, -0.2) is 0 Å². The van der Waals surface area contributed by atoms with E-state index in [9.17, 15) is 0 Å². The molecule has 0 radical (unpaired) electrons. The highest BCUT2D eigenvalue weighted by Crippen LogP contribution is 2.24. The lowest BCUT2D eigenvalue weighted by Gasteiger charge is -2.33. The molecule has 0 fully saturated rings. The first-order valence-corrected chi connectivity index (χ1v) is 17.5. The molecule has 0 bridgehead atoms. The zero-order valence-electron chi connectivity index (χ0n) is 26.1. The number of hydrogen-bond acceptors (Lipinski definition) is 2. The Morgan fingerprint density at radius 3 is 0.946 bits per heavy atom. The molecule has 1 rings (SSSR count). The van der Waals surface area contributed by atoms with Crippen molar-refractivity contribution in [3.8, 4) is 0 Å². The maximum atomic E-state index is 2.70. The first-order valence-electron chi connectivity index (χ1n) is 17.5. The summed E-state index contributed by atoms with van der Waals surface area (Å²) in [4.78, 5) is 5.39. The molecule has 0 amide bonds. The largest absolute Gasteiger partial charge is 0.356 e. The van der Waals surface area contributed by atoms with Crippen molar-refractivity contribution in [1.82, 2.24) is 9.80 Å². The lowest BCUT2D eigenvalue weighted by molar-refractivity contribution is 0.135. The molecule has 0 spiro atoms. The van der Waals surface area contributed by atoms with Gasteiger partial charge in [0.15, 0.2) is 0 Å². The second-order valence-corrected chi connectivity index (χ2v) is 12.2. The number of nitrogens with zero attached hydrogens (tertiary/aromatic N) is 2. The highest BCUT2D eigenvalue weighted by atomic mass is 15.4. The van der Waals surface area contributed by atoms with Gasteiger partial charge in [0, 0.05) is 25.5 Å². The third-order valence-corrected chi connectivity index (χ3v) is 8.57. The minimum Gasteiger partial charge on any atom is -0.356 e. The molecule has 2 heteroatoms. The van der Waals surface area contributed by atoms with Gasteiger partial charge in [-0.3, -0.25) is 0 Å². The lowest BCUT2D eigenvalue weighted by Crippen LogP contribution is -2.39. The Bertz CT molecular complexity index is 474. The summed E-state index contributed by atoms with van der Waals surface area (Å²) in [6.07, 6.45) is 44.0. The van der Waals surface area contributed by atoms with E-state index in [4.69, 9.17) is 0 Å². The Morgan fingerprint density at radius 2 is 0.622 bits per heavy atom. The number of rotatable bonds is 29. The summed E-state index contributed by atoms with van der Waals surface area (Å²) in [6, 6.07) is 0. The molecule has 220 valence electrons. The molecule has 1 aliphatic rings. The molecule has 0 aromatic heterocycles. The van der Waals surface area contributed by atoms with Gasteiger partial charge in [-0.05, 0) is 25.7 Å². The minimum absolute atomic E-state index is 0.642. The zero-order chi connectivity index (χ0) is 26.7. The molecule has 0 N–H and O–H groups in total. The summed E-state index contributed by atoms with van der Waals surface area (Å²) in [5, 5.41) is 0. The van der Waals surface area contributed by atoms with Crippen molar-refractivity contribution in [3.05, 3.63) is 12.4 Å². The Morgan fingerprint density at radius 1 is 0.351 bits per heavy atom. The van der Waals surface area contributed by atoms with E-state index < -0.39 is 0 Å². The third-order valence-electron chi connectivity index (χ3n) is 8.57. The van der Waals surface area contributed by atoms with Crippen LogP contribution in [0.3, 0.4) is 0 Å². The summed E-state index contributed by atoms with van der Waals surface area (Å²) in [6.45, 7) is 9.47. The monoisotopic (exact) mass is 519 g/mol. The van der Waals surface area contributed by atoms with Gasteiger partial charge in [0.05, 0.1) is 0 Å². The Hall–Kier alpha value is -0.660. The zero-order valence-corrected chi connectivity index (χ0v) is 26.1. The van der Waals surface area contributed by atoms with Crippen molar-refractivity contribution in [2.75, 3.05) is 13.1 Å². The van der Waals surface area contributed by atoms with E-state index >= 15 is 0 Å².